The number of hydrogen-bond acceptors (Lipinski definition) is 4. The molecular weight excluding hydrogens is 273 g/mol. The van der Waals surface area contributed by atoms with Crippen molar-refractivity contribution in [3.8, 4) is 0 Å². The fourth-order valence-electron chi connectivity index (χ4n) is 0.781. The summed E-state index contributed by atoms with van der Waals surface area (Å²) in [4.78, 5) is 12.7. The molecule has 1 aromatic rings. The fraction of sp³-hybridized carbons (Fsp3) is 0.455. The highest BCUT2D eigenvalue weighted by Crippen LogP contribution is 2.52. The molecule has 0 aromatic heterocycles. The molecule has 1 aromatic carbocycles. The van der Waals surface area contributed by atoms with E-state index >= 15 is 0 Å². The standard InChI is InChI=1S/C8H11O2PS2.C3H9N/c1-10-11(9,12)13-7-8-5-3-2-4-6-8;1-4(2)3/h2-6H,7H2,1H3,(H,9,12);1-3H3. The maximum absolute atomic E-state index is 11.3. The van der Waals surface area contributed by atoms with E-state index in [1.165, 1.54) is 23.4 Å². The van der Waals surface area contributed by atoms with E-state index in [0.717, 1.165) is 5.56 Å². The fourth-order valence-corrected chi connectivity index (χ4v) is 3.10. The Kier molecular flexibility index (Phi) is 9.14. The van der Waals surface area contributed by atoms with Crippen molar-refractivity contribution < 1.29 is 14.3 Å². The van der Waals surface area contributed by atoms with E-state index in [1.54, 1.807) is 0 Å². The Labute approximate surface area is 113 Å². The predicted octanol–water partition coefficient (Wildman–Crippen LogP) is 0.912. The van der Waals surface area contributed by atoms with E-state index in [4.69, 9.17) is 16.3 Å². The maximum Gasteiger partial charge on any atom is 0.0661 e. The molecule has 0 heterocycles. The summed E-state index contributed by atoms with van der Waals surface area (Å²) in [5.41, 5.74) is -1.73. The van der Waals surface area contributed by atoms with Gasteiger partial charge in [0.05, 0.1) is 21.1 Å². The molecular formula is C11H20NO2PS2. The first-order valence-corrected chi connectivity index (χ1v) is 9.42. The number of rotatable bonds is 4. The van der Waals surface area contributed by atoms with Crippen molar-refractivity contribution in [2.24, 2.45) is 0 Å². The minimum atomic E-state index is -2.84. The van der Waals surface area contributed by atoms with Crippen molar-refractivity contribution in [3.63, 3.8) is 0 Å². The lowest BCUT2D eigenvalue weighted by Crippen LogP contribution is -3.02. The molecule has 1 atom stereocenters. The van der Waals surface area contributed by atoms with Crippen molar-refractivity contribution in [1.29, 1.82) is 0 Å². The lowest BCUT2D eigenvalue weighted by atomic mass is 10.2. The number of quaternary nitrogens is 1. The lowest BCUT2D eigenvalue weighted by molar-refractivity contribution is -0.836. The van der Waals surface area contributed by atoms with Gasteiger partial charge in [-0.3, -0.25) is 0 Å². The van der Waals surface area contributed by atoms with E-state index in [2.05, 4.69) is 21.1 Å². The van der Waals surface area contributed by atoms with Crippen LogP contribution in [0.5, 0.6) is 0 Å². The van der Waals surface area contributed by atoms with E-state index in [9.17, 15) is 4.89 Å². The minimum Gasteiger partial charge on any atom is -0.793 e. The van der Waals surface area contributed by atoms with Crippen LogP contribution in [0, 0.1) is 0 Å². The molecule has 0 saturated carbocycles. The van der Waals surface area contributed by atoms with Crippen molar-refractivity contribution >= 4 is 28.9 Å². The smallest absolute Gasteiger partial charge is 0.0661 e. The Bertz CT molecular complexity index is 344. The van der Waals surface area contributed by atoms with Gasteiger partial charge in [-0.1, -0.05) is 42.1 Å². The zero-order chi connectivity index (χ0) is 13.3. The molecule has 0 spiro atoms. The molecule has 0 amide bonds. The third kappa shape index (κ3) is 10.9. The van der Waals surface area contributed by atoms with Gasteiger partial charge in [0.2, 0.25) is 0 Å². The molecule has 0 radical (unpaired) electrons. The summed E-state index contributed by atoms with van der Waals surface area (Å²) in [6.45, 7) is 0. The van der Waals surface area contributed by atoms with Gasteiger partial charge in [0.1, 0.15) is 0 Å². The molecule has 98 valence electrons. The Morgan fingerprint density at radius 3 is 2.18 bits per heavy atom. The molecule has 0 saturated heterocycles. The van der Waals surface area contributed by atoms with Gasteiger partial charge in [0.25, 0.3) is 0 Å². The first-order valence-electron chi connectivity index (χ1n) is 5.19. The van der Waals surface area contributed by atoms with Crippen molar-refractivity contribution in [2.45, 2.75) is 5.75 Å². The van der Waals surface area contributed by atoms with Crippen LogP contribution in [0.25, 0.3) is 0 Å². The first-order chi connectivity index (χ1) is 7.87. The van der Waals surface area contributed by atoms with Gasteiger partial charge >= 0.3 is 0 Å². The van der Waals surface area contributed by atoms with Crippen LogP contribution in [-0.2, 0) is 22.1 Å². The van der Waals surface area contributed by atoms with Gasteiger partial charge in [0.15, 0.2) is 0 Å². The van der Waals surface area contributed by atoms with Gasteiger partial charge in [-0.2, -0.15) is 0 Å². The van der Waals surface area contributed by atoms with Crippen LogP contribution in [0.4, 0.5) is 0 Å². The van der Waals surface area contributed by atoms with Crippen LogP contribution >= 0.6 is 17.1 Å². The molecule has 0 aliphatic rings. The van der Waals surface area contributed by atoms with Crippen molar-refractivity contribution in [2.75, 3.05) is 28.3 Å². The molecule has 0 bridgehead atoms. The van der Waals surface area contributed by atoms with Crippen molar-refractivity contribution in [3.05, 3.63) is 35.9 Å². The zero-order valence-electron chi connectivity index (χ0n) is 10.7. The van der Waals surface area contributed by atoms with E-state index in [0.29, 0.717) is 5.75 Å². The quantitative estimate of drug-likeness (QED) is 0.837. The van der Waals surface area contributed by atoms with Crippen molar-refractivity contribution in [1.82, 2.24) is 0 Å². The summed E-state index contributed by atoms with van der Waals surface area (Å²) in [7, 11) is 7.63. The molecule has 1 unspecified atom stereocenters. The normalized spacial score (nSPS) is 13.8. The molecule has 0 aliphatic heterocycles. The summed E-state index contributed by atoms with van der Waals surface area (Å²) in [6, 6.07) is 9.77. The van der Waals surface area contributed by atoms with Gasteiger partial charge < -0.3 is 14.3 Å². The second kappa shape index (κ2) is 9.09. The highest BCUT2D eigenvalue weighted by molar-refractivity contribution is 8.66. The summed E-state index contributed by atoms with van der Waals surface area (Å²) >= 11 is 5.92. The van der Waals surface area contributed by atoms with Gasteiger partial charge in [-0.25, -0.2) is 0 Å². The molecule has 0 aliphatic carbocycles. The topological polar surface area (TPSA) is 36.7 Å². The average Bonchev–Trinajstić information content (AvgIpc) is 2.27. The summed E-state index contributed by atoms with van der Waals surface area (Å²) in [6.07, 6.45) is 0. The van der Waals surface area contributed by atoms with E-state index in [1.807, 2.05) is 30.3 Å². The van der Waals surface area contributed by atoms with Crippen LogP contribution in [0.1, 0.15) is 5.56 Å². The second-order valence-electron chi connectivity index (χ2n) is 3.89. The molecule has 17 heavy (non-hydrogen) atoms. The van der Waals surface area contributed by atoms with E-state index < -0.39 is 5.69 Å². The minimum absolute atomic E-state index is 0.634. The predicted molar refractivity (Wildman–Crippen MR) is 77.8 cm³/mol. The number of nitrogens with one attached hydrogen (secondary N) is 1. The largest absolute Gasteiger partial charge is 0.793 e. The molecule has 0 fully saturated rings. The monoisotopic (exact) mass is 293 g/mol. The van der Waals surface area contributed by atoms with Crippen LogP contribution < -0.4 is 9.79 Å². The Morgan fingerprint density at radius 1 is 1.29 bits per heavy atom. The zero-order valence-corrected chi connectivity index (χ0v) is 13.2. The van der Waals surface area contributed by atoms with Gasteiger partial charge in [0, 0.05) is 18.6 Å². The highest BCUT2D eigenvalue weighted by atomic mass is 32.9. The Hall–Kier alpha value is 0.100. The van der Waals surface area contributed by atoms with Crippen LogP contribution in [0.2, 0.25) is 0 Å². The SMILES string of the molecule is COP([O-])(=S)SCc1ccccc1.C[NH+](C)C. The highest BCUT2D eigenvalue weighted by Gasteiger charge is 2.01. The van der Waals surface area contributed by atoms with Gasteiger partial charge in [-0.05, 0) is 5.56 Å². The number of hydrogen-bond donors (Lipinski definition) is 1. The third-order valence-electron chi connectivity index (χ3n) is 1.46. The number of benzene rings is 1. The summed E-state index contributed by atoms with van der Waals surface area (Å²) in [5, 5.41) is 0. The molecule has 1 N–H and O–H groups in total. The van der Waals surface area contributed by atoms with Crippen LogP contribution in [0.3, 0.4) is 0 Å². The summed E-state index contributed by atoms with van der Waals surface area (Å²) in [5.74, 6) is 0.634. The van der Waals surface area contributed by atoms with Crippen LogP contribution in [0.15, 0.2) is 30.3 Å². The summed E-state index contributed by atoms with van der Waals surface area (Å²) < 4.78 is 4.69. The first kappa shape index (κ1) is 17.1. The third-order valence-corrected chi connectivity index (χ3v) is 5.86. The maximum atomic E-state index is 11.3. The lowest BCUT2D eigenvalue weighted by Gasteiger charge is -2.24. The van der Waals surface area contributed by atoms with Gasteiger partial charge in [-0.15, -0.1) is 11.4 Å². The molecule has 3 nitrogen and oxygen atoms in total. The molecule has 6 heteroatoms. The Morgan fingerprint density at radius 2 is 1.76 bits per heavy atom. The second-order valence-corrected chi connectivity index (χ2v) is 10.0. The Balaban J connectivity index is 0.000000557. The van der Waals surface area contributed by atoms with E-state index in [-0.39, 0.29) is 0 Å². The molecule has 1 rings (SSSR count). The average molecular weight is 293 g/mol. The van der Waals surface area contributed by atoms with Crippen LogP contribution in [-0.4, -0.2) is 28.3 Å².